The molecule has 0 aliphatic heterocycles. The van der Waals surface area contributed by atoms with E-state index in [1.807, 2.05) is 0 Å². The second-order valence-corrected chi connectivity index (χ2v) is 5.29. The number of para-hydroxylation sites is 2. The number of esters is 2. The van der Waals surface area contributed by atoms with Gasteiger partial charge in [-0.1, -0.05) is 30.3 Å². The Morgan fingerprint density at radius 2 is 1.04 bits per heavy atom. The molecule has 0 saturated heterocycles. The van der Waals surface area contributed by atoms with Gasteiger partial charge in [-0.15, -0.1) is 0 Å². The van der Waals surface area contributed by atoms with E-state index in [1.54, 1.807) is 30.3 Å². The molecule has 0 heterocycles. The molecular weight excluding hydrogens is 336 g/mol. The first-order chi connectivity index (χ1) is 12.5. The van der Waals surface area contributed by atoms with Crippen molar-refractivity contribution in [1.82, 2.24) is 0 Å². The largest absolute Gasteiger partial charge is 0.507 e. The average Bonchev–Trinajstić information content (AvgIpc) is 2.62. The lowest BCUT2D eigenvalue weighted by molar-refractivity contribution is 0.0730. The molecule has 0 bridgehead atoms. The molecule has 0 atom stereocenters. The minimum atomic E-state index is -0.743. The monoisotopic (exact) mass is 350 g/mol. The summed E-state index contributed by atoms with van der Waals surface area (Å²) in [6.45, 7) is 0. The van der Waals surface area contributed by atoms with Gasteiger partial charge in [-0.3, -0.25) is 0 Å². The number of benzene rings is 3. The molecule has 6 heteroatoms. The number of carbonyl (C=O) groups excluding carboxylic acids is 2. The fourth-order valence-electron chi connectivity index (χ4n) is 2.22. The molecule has 3 aromatic carbocycles. The van der Waals surface area contributed by atoms with Crippen molar-refractivity contribution >= 4 is 11.9 Å². The third-order valence-corrected chi connectivity index (χ3v) is 3.47. The van der Waals surface area contributed by atoms with Crippen molar-refractivity contribution in [1.29, 1.82) is 0 Å². The number of ether oxygens (including phenoxy) is 2. The van der Waals surface area contributed by atoms with Crippen molar-refractivity contribution in [2.75, 3.05) is 0 Å². The molecule has 0 aromatic heterocycles. The summed E-state index contributed by atoms with van der Waals surface area (Å²) in [4.78, 5) is 24.2. The van der Waals surface area contributed by atoms with Crippen LogP contribution in [-0.4, -0.2) is 22.2 Å². The number of rotatable bonds is 4. The van der Waals surface area contributed by atoms with Crippen LogP contribution in [0.15, 0.2) is 72.8 Å². The van der Waals surface area contributed by atoms with Gasteiger partial charge in [0.15, 0.2) is 0 Å². The van der Waals surface area contributed by atoms with Crippen LogP contribution in [0.1, 0.15) is 20.7 Å². The molecule has 3 rings (SSSR count). The molecule has 2 N–H and O–H groups in total. The van der Waals surface area contributed by atoms with Crippen LogP contribution < -0.4 is 9.47 Å². The van der Waals surface area contributed by atoms with E-state index in [0.29, 0.717) is 0 Å². The Balaban J connectivity index is 1.74. The lowest BCUT2D eigenvalue weighted by atomic mass is 10.2. The Kier molecular flexibility index (Phi) is 4.85. The van der Waals surface area contributed by atoms with Crippen molar-refractivity contribution < 1.29 is 29.3 Å². The molecule has 0 aliphatic rings. The van der Waals surface area contributed by atoms with E-state index in [0.717, 1.165) is 0 Å². The summed E-state index contributed by atoms with van der Waals surface area (Å²) in [6.07, 6.45) is 0. The van der Waals surface area contributed by atoms with Gasteiger partial charge in [0.2, 0.25) is 0 Å². The Bertz CT molecular complexity index is 889. The maximum Gasteiger partial charge on any atom is 0.347 e. The fourth-order valence-corrected chi connectivity index (χ4v) is 2.22. The van der Waals surface area contributed by atoms with Crippen molar-refractivity contribution in [2.24, 2.45) is 0 Å². The Labute approximate surface area is 148 Å². The maximum atomic E-state index is 12.1. The standard InChI is InChI=1S/C20H14O6/c21-17-10-3-1-8-15(17)19(23)25-13-6-5-7-14(12-13)26-20(24)16-9-2-4-11-18(16)22/h1-12,21-22H. The highest BCUT2D eigenvalue weighted by Gasteiger charge is 2.15. The van der Waals surface area contributed by atoms with Gasteiger partial charge in [0.1, 0.15) is 34.1 Å². The summed E-state index contributed by atoms with van der Waals surface area (Å²) < 4.78 is 10.4. The molecule has 0 amide bonds. The molecule has 0 radical (unpaired) electrons. The van der Waals surface area contributed by atoms with E-state index >= 15 is 0 Å². The summed E-state index contributed by atoms with van der Waals surface area (Å²) in [5.74, 6) is -1.60. The Morgan fingerprint density at radius 3 is 1.46 bits per heavy atom. The van der Waals surface area contributed by atoms with E-state index in [-0.39, 0.29) is 34.1 Å². The molecule has 0 spiro atoms. The van der Waals surface area contributed by atoms with Gasteiger partial charge in [-0.05, 0) is 36.4 Å². The smallest absolute Gasteiger partial charge is 0.347 e. The zero-order valence-corrected chi connectivity index (χ0v) is 13.5. The minimum absolute atomic E-state index is 0.0177. The van der Waals surface area contributed by atoms with Gasteiger partial charge in [0, 0.05) is 6.07 Å². The molecule has 0 saturated carbocycles. The fraction of sp³-hybridized carbons (Fsp3) is 0. The summed E-state index contributed by atoms with van der Waals surface area (Å²) in [5, 5.41) is 19.4. The van der Waals surface area contributed by atoms with Crippen LogP contribution >= 0.6 is 0 Å². The van der Waals surface area contributed by atoms with Crippen LogP contribution in [0.3, 0.4) is 0 Å². The molecule has 0 aliphatic carbocycles. The first-order valence-corrected chi connectivity index (χ1v) is 7.65. The summed E-state index contributed by atoms with van der Waals surface area (Å²) in [5.41, 5.74) is 0.0354. The van der Waals surface area contributed by atoms with Gasteiger partial charge in [0.05, 0.1) is 0 Å². The van der Waals surface area contributed by atoms with Crippen molar-refractivity contribution in [2.45, 2.75) is 0 Å². The van der Waals surface area contributed by atoms with E-state index in [4.69, 9.17) is 9.47 Å². The average molecular weight is 350 g/mol. The molecule has 130 valence electrons. The quantitative estimate of drug-likeness (QED) is 0.552. The zero-order valence-electron chi connectivity index (χ0n) is 13.5. The maximum absolute atomic E-state index is 12.1. The van der Waals surface area contributed by atoms with Gasteiger partial charge < -0.3 is 19.7 Å². The number of hydrogen-bond donors (Lipinski definition) is 2. The molecule has 0 fully saturated rings. The van der Waals surface area contributed by atoms with Gasteiger partial charge >= 0.3 is 11.9 Å². The predicted octanol–water partition coefficient (Wildman–Crippen LogP) is 3.54. The van der Waals surface area contributed by atoms with Crippen LogP contribution in [0.25, 0.3) is 0 Å². The van der Waals surface area contributed by atoms with E-state index < -0.39 is 11.9 Å². The van der Waals surface area contributed by atoms with E-state index in [9.17, 15) is 19.8 Å². The summed E-state index contributed by atoms with van der Waals surface area (Å²) >= 11 is 0. The van der Waals surface area contributed by atoms with Crippen LogP contribution in [-0.2, 0) is 0 Å². The zero-order chi connectivity index (χ0) is 18.5. The predicted molar refractivity (Wildman–Crippen MR) is 92.6 cm³/mol. The SMILES string of the molecule is O=C(Oc1cccc(OC(=O)c2ccccc2O)c1)c1ccccc1O. The van der Waals surface area contributed by atoms with Gasteiger partial charge in [-0.25, -0.2) is 9.59 Å². The highest BCUT2D eigenvalue weighted by atomic mass is 16.5. The summed E-state index contributed by atoms with van der Waals surface area (Å²) in [6, 6.07) is 17.9. The molecule has 6 nitrogen and oxygen atoms in total. The third kappa shape index (κ3) is 3.81. The first kappa shape index (κ1) is 17.0. The number of phenols is 2. The van der Waals surface area contributed by atoms with Crippen LogP contribution in [0.5, 0.6) is 23.0 Å². The minimum Gasteiger partial charge on any atom is -0.507 e. The number of aromatic hydroxyl groups is 2. The van der Waals surface area contributed by atoms with Crippen molar-refractivity contribution in [3.05, 3.63) is 83.9 Å². The molecule has 3 aromatic rings. The highest BCUT2D eigenvalue weighted by Crippen LogP contribution is 2.24. The van der Waals surface area contributed by atoms with Crippen LogP contribution in [0.4, 0.5) is 0 Å². The lowest BCUT2D eigenvalue weighted by Gasteiger charge is -2.09. The number of hydrogen-bond acceptors (Lipinski definition) is 6. The van der Waals surface area contributed by atoms with Gasteiger partial charge in [-0.2, -0.15) is 0 Å². The second kappa shape index (κ2) is 7.40. The topological polar surface area (TPSA) is 93.1 Å². The first-order valence-electron chi connectivity index (χ1n) is 7.65. The van der Waals surface area contributed by atoms with E-state index in [2.05, 4.69) is 0 Å². The van der Waals surface area contributed by atoms with Crippen LogP contribution in [0.2, 0.25) is 0 Å². The Hall–Kier alpha value is -3.80. The molecular formula is C20H14O6. The van der Waals surface area contributed by atoms with Crippen molar-refractivity contribution in [3.63, 3.8) is 0 Å². The normalized spacial score (nSPS) is 10.2. The van der Waals surface area contributed by atoms with Gasteiger partial charge in [0.25, 0.3) is 0 Å². The third-order valence-electron chi connectivity index (χ3n) is 3.47. The Morgan fingerprint density at radius 1 is 0.615 bits per heavy atom. The van der Waals surface area contributed by atoms with Crippen LogP contribution in [0, 0.1) is 0 Å². The van der Waals surface area contributed by atoms with E-state index in [1.165, 1.54) is 42.5 Å². The molecule has 26 heavy (non-hydrogen) atoms. The lowest BCUT2D eigenvalue weighted by Crippen LogP contribution is -2.10. The number of carbonyl (C=O) groups is 2. The number of phenolic OH excluding ortho intramolecular Hbond substituents is 2. The second-order valence-electron chi connectivity index (χ2n) is 5.29. The highest BCUT2D eigenvalue weighted by molar-refractivity contribution is 5.94. The van der Waals surface area contributed by atoms with Crippen molar-refractivity contribution in [3.8, 4) is 23.0 Å². The molecule has 0 unspecified atom stereocenters. The summed E-state index contributed by atoms with van der Waals surface area (Å²) in [7, 11) is 0.